The Kier molecular flexibility index (Phi) is 2.15. The Balaban J connectivity index is 2.10. The summed E-state index contributed by atoms with van der Waals surface area (Å²) in [5.74, 6) is 0. The predicted octanol–water partition coefficient (Wildman–Crippen LogP) is 3.43. The average Bonchev–Trinajstić information content (AvgIpc) is 2.57. The lowest BCUT2D eigenvalue weighted by molar-refractivity contribution is 0.216. The molecule has 2 aliphatic heterocycles. The second kappa shape index (κ2) is 3.72. The standard InChI is InChI=1S/C16H18N2/c1-17-11-9-13-12-6-2-3-7-14(12)18-10-5-4-8-15(17)16(13)18/h2-3,5-7,10,15H,4,8-9,11H2,1H3/t15-/m0/s1. The van der Waals surface area contributed by atoms with Crippen molar-refractivity contribution in [1.29, 1.82) is 0 Å². The summed E-state index contributed by atoms with van der Waals surface area (Å²) in [6, 6.07) is 9.43. The molecule has 0 spiro atoms. The molecule has 1 aromatic heterocycles. The SMILES string of the molecule is CN1CCc2c3n(c4ccccc24)C=CCC[C@@H]31. The van der Waals surface area contributed by atoms with E-state index in [0.29, 0.717) is 6.04 Å². The maximum absolute atomic E-state index is 2.52. The van der Waals surface area contributed by atoms with Crippen molar-refractivity contribution in [2.24, 2.45) is 0 Å². The highest BCUT2D eigenvalue weighted by Gasteiger charge is 2.30. The van der Waals surface area contributed by atoms with E-state index in [1.807, 2.05) is 0 Å². The zero-order chi connectivity index (χ0) is 12.1. The summed E-state index contributed by atoms with van der Waals surface area (Å²) in [7, 11) is 2.26. The van der Waals surface area contributed by atoms with Gasteiger partial charge in [0.1, 0.15) is 0 Å². The first kappa shape index (κ1) is 10.4. The quantitative estimate of drug-likeness (QED) is 0.682. The molecule has 92 valence electrons. The third-order valence-corrected chi connectivity index (χ3v) is 4.48. The minimum absolute atomic E-state index is 0.594. The Hall–Kier alpha value is -1.54. The Morgan fingerprint density at radius 1 is 1.22 bits per heavy atom. The Morgan fingerprint density at radius 3 is 3.06 bits per heavy atom. The molecule has 0 amide bonds. The van der Waals surface area contributed by atoms with Crippen molar-refractivity contribution in [2.45, 2.75) is 25.3 Å². The van der Waals surface area contributed by atoms with Crippen molar-refractivity contribution in [3.05, 3.63) is 41.6 Å². The van der Waals surface area contributed by atoms with E-state index in [4.69, 9.17) is 0 Å². The van der Waals surface area contributed by atoms with Gasteiger partial charge in [-0.2, -0.15) is 0 Å². The number of benzene rings is 1. The fraction of sp³-hybridized carbons (Fsp3) is 0.375. The number of aromatic nitrogens is 1. The van der Waals surface area contributed by atoms with Gasteiger partial charge in [0.05, 0.1) is 11.6 Å². The average molecular weight is 238 g/mol. The number of hydrogen-bond donors (Lipinski definition) is 0. The van der Waals surface area contributed by atoms with E-state index in [2.05, 4.69) is 53.1 Å². The van der Waals surface area contributed by atoms with Crippen LogP contribution in [-0.4, -0.2) is 23.1 Å². The molecule has 0 saturated carbocycles. The minimum atomic E-state index is 0.594. The second-order valence-electron chi connectivity index (χ2n) is 5.46. The number of hydrogen-bond acceptors (Lipinski definition) is 1. The summed E-state index contributed by atoms with van der Waals surface area (Å²) in [6.07, 6.45) is 8.21. The second-order valence-corrected chi connectivity index (χ2v) is 5.46. The monoisotopic (exact) mass is 238 g/mol. The lowest BCUT2D eigenvalue weighted by Gasteiger charge is -2.33. The number of likely N-dealkylation sites (N-methyl/N-ethyl adjacent to an activating group) is 1. The number of rotatable bonds is 0. The highest BCUT2D eigenvalue weighted by molar-refractivity contribution is 5.88. The van der Waals surface area contributed by atoms with E-state index in [1.165, 1.54) is 36.7 Å². The van der Waals surface area contributed by atoms with Gasteiger partial charge in [-0.25, -0.2) is 0 Å². The van der Waals surface area contributed by atoms with E-state index in [1.54, 1.807) is 11.3 Å². The zero-order valence-corrected chi connectivity index (χ0v) is 10.8. The molecule has 3 heterocycles. The minimum Gasteiger partial charge on any atom is -0.319 e. The Bertz CT molecular complexity index is 636. The molecule has 1 atom stereocenters. The molecule has 0 aliphatic carbocycles. The first-order valence-electron chi connectivity index (χ1n) is 6.85. The smallest absolute Gasteiger partial charge is 0.0528 e. The van der Waals surface area contributed by atoms with Crippen molar-refractivity contribution in [1.82, 2.24) is 9.47 Å². The highest BCUT2D eigenvalue weighted by atomic mass is 15.2. The number of fused-ring (bicyclic) bond motifs is 3. The third kappa shape index (κ3) is 1.27. The van der Waals surface area contributed by atoms with Crippen LogP contribution in [0.5, 0.6) is 0 Å². The molecular weight excluding hydrogens is 220 g/mol. The third-order valence-electron chi connectivity index (χ3n) is 4.48. The van der Waals surface area contributed by atoms with Crippen LogP contribution >= 0.6 is 0 Å². The van der Waals surface area contributed by atoms with Gasteiger partial charge in [-0.05, 0) is 37.9 Å². The van der Waals surface area contributed by atoms with Gasteiger partial charge in [0, 0.05) is 23.8 Å². The molecule has 2 nitrogen and oxygen atoms in total. The molecule has 0 saturated heterocycles. The summed E-state index contributed by atoms with van der Waals surface area (Å²) in [5.41, 5.74) is 4.50. The van der Waals surface area contributed by atoms with Crippen LogP contribution in [0.4, 0.5) is 0 Å². The van der Waals surface area contributed by atoms with Gasteiger partial charge in [-0.1, -0.05) is 24.3 Å². The van der Waals surface area contributed by atoms with Gasteiger partial charge in [-0.3, -0.25) is 4.90 Å². The van der Waals surface area contributed by atoms with Gasteiger partial charge in [0.2, 0.25) is 0 Å². The molecule has 0 bridgehead atoms. The molecule has 2 heteroatoms. The van der Waals surface area contributed by atoms with Crippen LogP contribution in [0.15, 0.2) is 30.3 Å². The number of para-hydroxylation sites is 1. The van der Waals surface area contributed by atoms with Crippen molar-refractivity contribution < 1.29 is 0 Å². The van der Waals surface area contributed by atoms with E-state index in [0.717, 1.165) is 0 Å². The van der Waals surface area contributed by atoms with Crippen LogP contribution in [0.2, 0.25) is 0 Å². The first-order chi connectivity index (χ1) is 8.86. The van der Waals surface area contributed by atoms with Crippen LogP contribution in [0.1, 0.15) is 30.1 Å². The van der Waals surface area contributed by atoms with Crippen molar-refractivity contribution >= 4 is 17.1 Å². The van der Waals surface area contributed by atoms with Crippen molar-refractivity contribution in [2.75, 3.05) is 13.6 Å². The summed E-state index contributed by atoms with van der Waals surface area (Å²) in [4.78, 5) is 2.52. The lowest BCUT2D eigenvalue weighted by atomic mass is 9.95. The van der Waals surface area contributed by atoms with Crippen molar-refractivity contribution in [3.8, 4) is 0 Å². The van der Waals surface area contributed by atoms with Crippen molar-refractivity contribution in [3.63, 3.8) is 0 Å². The predicted molar refractivity (Wildman–Crippen MR) is 75.6 cm³/mol. The van der Waals surface area contributed by atoms with Gasteiger partial charge in [0.15, 0.2) is 0 Å². The summed E-state index contributed by atoms with van der Waals surface area (Å²) in [6.45, 7) is 1.19. The fourth-order valence-electron chi connectivity index (χ4n) is 3.58. The maximum Gasteiger partial charge on any atom is 0.0528 e. The molecular formula is C16H18N2. The van der Waals surface area contributed by atoms with E-state index < -0.39 is 0 Å². The van der Waals surface area contributed by atoms with E-state index >= 15 is 0 Å². The highest BCUT2D eigenvalue weighted by Crippen LogP contribution is 2.40. The van der Waals surface area contributed by atoms with Crippen LogP contribution in [0, 0.1) is 0 Å². The molecule has 0 N–H and O–H groups in total. The summed E-state index contributed by atoms with van der Waals surface area (Å²) in [5, 5.41) is 1.46. The fourth-order valence-corrected chi connectivity index (χ4v) is 3.58. The molecule has 4 rings (SSSR count). The lowest BCUT2D eigenvalue weighted by Crippen LogP contribution is -2.32. The maximum atomic E-state index is 2.52. The Labute approximate surface area is 108 Å². The zero-order valence-electron chi connectivity index (χ0n) is 10.8. The van der Waals surface area contributed by atoms with E-state index in [-0.39, 0.29) is 0 Å². The van der Waals surface area contributed by atoms with Crippen LogP contribution < -0.4 is 0 Å². The summed E-state index contributed by atoms with van der Waals surface area (Å²) < 4.78 is 2.43. The normalized spacial score (nSPS) is 23.1. The number of nitrogens with zero attached hydrogens (tertiary/aromatic N) is 2. The van der Waals surface area contributed by atoms with Gasteiger partial charge in [0.25, 0.3) is 0 Å². The molecule has 2 aromatic rings. The van der Waals surface area contributed by atoms with Gasteiger partial charge < -0.3 is 4.57 Å². The molecule has 0 radical (unpaired) electrons. The molecule has 0 unspecified atom stereocenters. The first-order valence-corrected chi connectivity index (χ1v) is 6.85. The largest absolute Gasteiger partial charge is 0.319 e. The van der Waals surface area contributed by atoms with Crippen LogP contribution in [0.3, 0.4) is 0 Å². The molecule has 18 heavy (non-hydrogen) atoms. The number of allylic oxidation sites excluding steroid dienone is 1. The van der Waals surface area contributed by atoms with Gasteiger partial charge in [-0.15, -0.1) is 0 Å². The summed E-state index contributed by atoms with van der Waals surface area (Å²) >= 11 is 0. The van der Waals surface area contributed by atoms with E-state index in [9.17, 15) is 0 Å². The molecule has 2 aliphatic rings. The van der Waals surface area contributed by atoms with Crippen LogP contribution in [-0.2, 0) is 6.42 Å². The Morgan fingerprint density at radius 2 is 2.11 bits per heavy atom. The molecule has 0 fully saturated rings. The molecule has 1 aromatic carbocycles. The van der Waals surface area contributed by atoms with Crippen LogP contribution in [0.25, 0.3) is 17.1 Å². The topological polar surface area (TPSA) is 8.17 Å². The van der Waals surface area contributed by atoms with Gasteiger partial charge >= 0.3 is 0 Å².